The number of anilines is 5. The molecular formula is C76H76N24O32S4. The van der Waals surface area contributed by atoms with Gasteiger partial charge in [0.1, 0.15) is 138 Å². The van der Waals surface area contributed by atoms with Crippen LogP contribution in [0.25, 0.3) is 69.0 Å². The van der Waals surface area contributed by atoms with Gasteiger partial charge in [0.25, 0.3) is 23.6 Å². The summed E-state index contributed by atoms with van der Waals surface area (Å²) in [5, 5.41) is 129. The van der Waals surface area contributed by atoms with Crippen molar-refractivity contribution in [3.8, 4) is 23.0 Å². The van der Waals surface area contributed by atoms with Gasteiger partial charge in [0.15, 0.2) is 81.5 Å². The third-order valence-electron chi connectivity index (χ3n) is 22.2. The Kier molecular flexibility index (Phi) is 25.2. The van der Waals surface area contributed by atoms with Gasteiger partial charge in [0.05, 0.1) is 54.4 Å². The molecule has 4 saturated heterocycles. The standard InChI is InChI=1S/2C19H20N6O8S.2C19H18N6O8S/c20-9-4-5-21-16-13(9)23-19-22-6-8-2-1-3-10(26)12(8)17(29)24-34(30,31)32-7-11-14(27)15(28)18(33-11)25(16)19;3*20-16-13-17(22-7-21-16)25-11(23-13)5-4-8-2-1-3-9(26)12(8)18(29)24-34(30,31)32-6-10-14(27)15(28)19(25)33-10/h1-5,11,14-15,18,26-28H,6-7H2,(H2,20,21)(H,22,23)(H,24,29);1-3,7,10,14-15,19,26-28H,4-6H2,(H,24,29)(H2,20,21,22);2*1-5,7,10,14-15,19,26-28H,6H2,(H,24,29)(H2,20,21,22)/b;;5-4+;5-4-/t11-,14-,15-,18-;3*10-,14-,15-,19-/m1111/s1. The zero-order chi connectivity index (χ0) is 96.8. The number of benzene rings is 4. The second kappa shape index (κ2) is 36.6. The van der Waals surface area contributed by atoms with Crippen molar-refractivity contribution in [1.29, 1.82) is 0 Å². The maximum Gasteiger partial charge on any atom is 0.362 e. The van der Waals surface area contributed by atoms with Crippen molar-refractivity contribution in [3.63, 3.8) is 0 Å². The number of amides is 4. The number of nitrogens with one attached hydrogen (secondary N) is 5. The van der Waals surface area contributed by atoms with Crippen LogP contribution < -0.4 is 47.1 Å². The number of phenols is 4. The third kappa shape index (κ3) is 18.1. The maximum absolute atomic E-state index is 12.7. The molecule has 20 rings (SSSR count). The first-order valence-electron chi connectivity index (χ1n) is 40.0. The summed E-state index contributed by atoms with van der Waals surface area (Å²) in [6.45, 7) is -2.96. The van der Waals surface area contributed by atoms with E-state index in [1.165, 1.54) is 141 Å². The molecule has 0 aliphatic carbocycles. The van der Waals surface area contributed by atoms with Gasteiger partial charge in [0.2, 0.25) is 5.95 Å². The van der Waals surface area contributed by atoms with Gasteiger partial charge >= 0.3 is 41.2 Å². The number of aliphatic hydroxyl groups is 8. The summed E-state index contributed by atoms with van der Waals surface area (Å²) in [6.07, 6.45) is -11.3. The summed E-state index contributed by atoms with van der Waals surface area (Å²) in [7, 11) is -18.6. The number of carbonyl (C=O) groups is 4. The minimum Gasteiger partial charge on any atom is -0.507 e. The summed E-state index contributed by atoms with van der Waals surface area (Å²) in [6, 6.07) is 18.3. The minimum absolute atomic E-state index is 0.0488. The number of nitrogens with two attached hydrogens (primary N) is 4. The van der Waals surface area contributed by atoms with E-state index < -0.39 is 212 Å². The van der Waals surface area contributed by atoms with E-state index >= 15 is 0 Å². The van der Waals surface area contributed by atoms with E-state index in [1.807, 2.05) is 0 Å². The van der Waals surface area contributed by atoms with Gasteiger partial charge < -0.3 is 108 Å². The molecule has 8 aliphatic heterocycles. The number of nitrogen functional groups attached to an aromatic ring is 4. The first-order valence-corrected chi connectivity index (χ1v) is 45.6. The van der Waals surface area contributed by atoms with Gasteiger partial charge in [-0.05, 0) is 71.2 Å². The fraction of sp³-hybridized carbons (Fsp3) is 0.303. The fourth-order valence-corrected chi connectivity index (χ4v) is 18.6. The molecule has 16 heterocycles. The number of rotatable bonds is 0. The number of hydrogen-bond acceptors (Lipinski definition) is 48. The quantitative estimate of drug-likeness (QED) is 0.0678. The van der Waals surface area contributed by atoms with E-state index in [9.17, 15) is 114 Å². The van der Waals surface area contributed by atoms with Gasteiger partial charge in [-0.25, -0.2) is 73.7 Å². The topological polar surface area (TPSA) is 847 Å². The van der Waals surface area contributed by atoms with E-state index in [0.29, 0.717) is 17.1 Å². The SMILES string of the molecule is Nc1ccnc2c1nc1n2[C@@H]2O[C@H](COS(=O)(=O)NC(=O)c3c(O)cccc3CN1)[C@@H](O)[C@H]2O.Nc1ncnc2c1nc1n2[C@@H]2O[C@H](COS(=O)(=O)NC(=O)c3c(O)cccc3/C=C/1)[C@@H](O)[C@H]2O.Nc1ncnc2c1nc1n2[C@@H]2O[C@H](COS(=O)(=O)NC(=O)c3c(O)cccc3/C=C\1)[C@@H](O)[C@H]2O.Nc1ncnc2c1nc1n2[C@@H]2O[C@H](COS(=O)(=O)NC(=O)c3c(O)cccc3CC1)[C@@H](O)[C@H]2O. The van der Waals surface area contributed by atoms with Gasteiger partial charge in [-0.15, -0.1) is 0 Å². The molecule has 4 aromatic carbocycles. The Hall–Kier alpha value is -14.1. The molecule has 8 aliphatic rings. The number of aromatic hydroxyl groups is 4. The molecule has 4 amide bonds. The van der Waals surface area contributed by atoms with Crippen LogP contribution in [0.5, 0.6) is 23.0 Å². The Balaban J connectivity index is 0.000000126. The monoisotopic (exact) mass is 1960 g/mol. The molecule has 60 heteroatoms. The number of aromatic nitrogens is 15. The molecule has 4 fully saturated rings. The number of ether oxygens (including phenoxy) is 4. The minimum atomic E-state index is -4.66. The van der Waals surface area contributed by atoms with Crippen molar-refractivity contribution in [1.82, 2.24) is 92.0 Å². The Bertz CT molecular complexity index is 6950. The Morgan fingerprint density at radius 2 is 0.691 bits per heavy atom. The number of fused-ring (bicyclic) bond motifs is 28. The zero-order valence-electron chi connectivity index (χ0n) is 69.0. The normalized spacial score (nSPS) is 27.1. The summed E-state index contributed by atoms with van der Waals surface area (Å²) in [5.41, 5.74) is 25.5. The molecule has 56 nitrogen and oxygen atoms in total. The molecule has 0 unspecified atom stereocenters. The molecule has 0 spiro atoms. The predicted molar refractivity (Wildman–Crippen MR) is 459 cm³/mol. The second-order valence-corrected chi connectivity index (χ2v) is 36.1. The fourth-order valence-electron chi connectivity index (χ4n) is 15.8. The molecule has 8 bridgehead atoms. The average Bonchev–Trinajstić information content (AvgIpc) is 1.61. The lowest BCUT2D eigenvalue weighted by atomic mass is 10.0. The largest absolute Gasteiger partial charge is 0.507 e. The van der Waals surface area contributed by atoms with Gasteiger partial charge in [0, 0.05) is 19.2 Å². The Morgan fingerprint density at radius 3 is 1.10 bits per heavy atom. The molecule has 136 heavy (non-hydrogen) atoms. The zero-order valence-corrected chi connectivity index (χ0v) is 72.3. The Morgan fingerprint density at radius 1 is 0.353 bits per heavy atom. The van der Waals surface area contributed by atoms with Crippen molar-refractivity contribution in [2.45, 2.75) is 118 Å². The van der Waals surface area contributed by atoms with E-state index in [-0.39, 0.29) is 138 Å². The van der Waals surface area contributed by atoms with Crippen LogP contribution in [0.3, 0.4) is 0 Å². The molecule has 0 radical (unpaired) electrons. The number of hydrogen-bond donors (Lipinski definition) is 21. The number of carbonyl (C=O) groups excluding carboxylic acids is 4. The maximum atomic E-state index is 12.7. The number of nitrogens with zero attached hydrogens (tertiary/aromatic N) is 15. The van der Waals surface area contributed by atoms with Crippen molar-refractivity contribution < 1.29 is 150 Å². The molecule has 8 aromatic heterocycles. The van der Waals surface area contributed by atoms with Crippen molar-refractivity contribution in [2.24, 2.45) is 0 Å². The summed E-state index contributed by atoms with van der Waals surface area (Å²) >= 11 is 0. The number of phenolic OH excluding ortho intramolecular Hbond substituents is 4. The highest BCUT2D eigenvalue weighted by atomic mass is 32.2. The third-order valence-corrected chi connectivity index (χ3v) is 25.8. The summed E-state index contributed by atoms with van der Waals surface area (Å²) in [5.74, 6) is -5.34. The summed E-state index contributed by atoms with van der Waals surface area (Å²) < 4.78 is 153. The lowest BCUT2D eigenvalue weighted by Gasteiger charge is -2.20. The molecule has 0 saturated carbocycles. The van der Waals surface area contributed by atoms with E-state index in [0.717, 1.165) is 0 Å². The number of pyridine rings is 1. The van der Waals surface area contributed by atoms with Crippen LogP contribution in [0.15, 0.2) is 104 Å². The molecule has 12 aromatic rings. The predicted octanol–water partition coefficient (Wildman–Crippen LogP) is -4.70. The van der Waals surface area contributed by atoms with Gasteiger partial charge in [-0.2, -0.15) is 33.7 Å². The molecule has 25 N–H and O–H groups in total. The van der Waals surface area contributed by atoms with Crippen LogP contribution in [-0.4, -0.2) is 291 Å². The van der Waals surface area contributed by atoms with Crippen LogP contribution in [0.4, 0.5) is 29.1 Å². The van der Waals surface area contributed by atoms with Crippen LogP contribution in [-0.2, 0) is 96.3 Å². The number of aliphatic hydroxyl groups excluding tert-OH is 8. The second-order valence-electron chi connectivity index (χ2n) is 30.7. The lowest BCUT2D eigenvalue weighted by molar-refractivity contribution is -0.0481. The van der Waals surface area contributed by atoms with Gasteiger partial charge in [-0.1, -0.05) is 60.7 Å². The van der Waals surface area contributed by atoms with Crippen molar-refractivity contribution in [2.75, 3.05) is 54.7 Å². The number of imidazole rings is 4. The first kappa shape index (κ1) is 93.7. The number of aryl methyl sites for hydroxylation is 2. The van der Waals surface area contributed by atoms with Crippen LogP contribution >= 0.6 is 0 Å². The summed E-state index contributed by atoms with van der Waals surface area (Å²) in [4.78, 5) is 97.0. The Labute approximate surface area is 762 Å². The smallest absolute Gasteiger partial charge is 0.362 e. The molecule has 16 atom stereocenters. The highest BCUT2D eigenvalue weighted by molar-refractivity contribution is 7.86. The van der Waals surface area contributed by atoms with Crippen LogP contribution in [0.2, 0.25) is 0 Å². The van der Waals surface area contributed by atoms with Crippen LogP contribution in [0, 0.1) is 0 Å². The van der Waals surface area contributed by atoms with E-state index in [1.54, 1.807) is 25.0 Å². The lowest BCUT2D eigenvalue weighted by Crippen LogP contribution is -2.38. The highest BCUT2D eigenvalue weighted by Crippen LogP contribution is 2.42. The van der Waals surface area contributed by atoms with Gasteiger partial charge in [-0.3, -0.25) is 54.2 Å². The highest BCUT2D eigenvalue weighted by Gasteiger charge is 2.51. The van der Waals surface area contributed by atoms with Crippen LogP contribution in [0.1, 0.15) is 106 Å². The van der Waals surface area contributed by atoms with Crippen molar-refractivity contribution in [3.05, 3.63) is 166 Å². The first-order chi connectivity index (χ1) is 64.6. The van der Waals surface area contributed by atoms with E-state index in [2.05, 4.69) is 60.1 Å². The molecule has 716 valence electrons. The van der Waals surface area contributed by atoms with E-state index in [4.69, 9.17) is 58.6 Å². The average molecular weight is 1970 g/mol. The van der Waals surface area contributed by atoms with Crippen molar-refractivity contribution >= 4 is 163 Å². The molecular weight excluding hydrogens is 1890 g/mol.